The molecule has 3 rings (SSSR count). The fourth-order valence-electron chi connectivity index (χ4n) is 2.36. The van der Waals surface area contributed by atoms with E-state index in [2.05, 4.69) is 20.5 Å². The zero-order valence-electron chi connectivity index (χ0n) is 12.8. The maximum absolute atomic E-state index is 12.3. The summed E-state index contributed by atoms with van der Waals surface area (Å²) in [6.45, 7) is 4.22. The van der Waals surface area contributed by atoms with E-state index in [4.69, 9.17) is 0 Å². The number of rotatable bonds is 4. The molecule has 0 aliphatic carbocycles. The van der Waals surface area contributed by atoms with Gasteiger partial charge in [0.25, 0.3) is 0 Å². The number of aromatic nitrogens is 5. The van der Waals surface area contributed by atoms with Crippen molar-refractivity contribution in [3.63, 3.8) is 0 Å². The predicted molar refractivity (Wildman–Crippen MR) is 82.0 cm³/mol. The highest BCUT2D eigenvalue weighted by Gasteiger charge is 2.18. The first-order valence-electron chi connectivity index (χ1n) is 7.11. The number of amides is 1. The van der Waals surface area contributed by atoms with Crippen molar-refractivity contribution in [2.75, 3.05) is 0 Å². The minimum atomic E-state index is -0.381. The third-order valence-electron chi connectivity index (χ3n) is 3.70. The van der Waals surface area contributed by atoms with Crippen molar-refractivity contribution in [1.29, 1.82) is 0 Å². The minimum Gasteiger partial charge on any atom is -0.350 e. The highest BCUT2D eigenvalue weighted by Crippen LogP contribution is 2.17. The van der Waals surface area contributed by atoms with Gasteiger partial charge in [-0.2, -0.15) is 10.2 Å². The summed E-state index contributed by atoms with van der Waals surface area (Å²) in [6, 6.07) is 3.37. The summed E-state index contributed by atoms with van der Waals surface area (Å²) in [5.74, 6) is -0.0739. The molecule has 0 saturated heterocycles. The van der Waals surface area contributed by atoms with Gasteiger partial charge in [-0.25, -0.2) is 0 Å². The van der Waals surface area contributed by atoms with Crippen LogP contribution < -0.4 is 5.32 Å². The van der Waals surface area contributed by atoms with Gasteiger partial charge in [-0.1, -0.05) is 0 Å². The Balaban J connectivity index is 1.73. The fourth-order valence-corrected chi connectivity index (χ4v) is 2.36. The topological polar surface area (TPSA) is 77.6 Å². The third-order valence-corrected chi connectivity index (χ3v) is 3.70. The van der Waals surface area contributed by atoms with E-state index in [1.54, 1.807) is 21.8 Å². The second-order valence-electron chi connectivity index (χ2n) is 5.30. The molecule has 0 bridgehead atoms. The van der Waals surface area contributed by atoms with Crippen LogP contribution in [0.4, 0.5) is 0 Å². The van der Waals surface area contributed by atoms with Crippen molar-refractivity contribution >= 4 is 16.9 Å². The Hall–Kier alpha value is -2.70. The molecule has 0 radical (unpaired) electrons. The Morgan fingerprint density at radius 1 is 1.32 bits per heavy atom. The molecule has 0 fully saturated rings. The maximum atomic E-state index is 12.3. The van der Waals surface area contributed by atoms with Crippen molar-refractivity contribution in [3.8, 4) is 0 Å². The number of aryl methyl sites for hydroxylation is 2. The molecule has 0 saturated carbocycles. The van der Waals surface area contributed by atoms with E-state index in [0.29, 0.717) is 6.54 Å². The molecule has 22 heavy (non-hydrogen) atoms. The Bertz CT molecular complexity index is 770. The number of fused-ring (bicyclic) bond motifs is 1. The third kappa shape index (κ3) is 2.57. The van der Waals surface area contributed by atoms with Gasteiger partial charge in [0.05, 0.1) is 11.9 Å². The molecule has 0 aromatic carbocycles. The van der Waals surface area contributed by atoms with Crippen LogP contribution in [0.5, 0.6) is 0 Å². The average Bonchev–Trinajstić information content (AvgIpc) is 3.07. The fraction of sp³-hybridized carbons (Fsp3) is 0.333. The smallest absolute Gasteiger partial charge is 0.244 e. The first-order valence-corrected chi connectivity index (χ1v) is 7.11. The van der Waals surface area contributed by atoms with Crippen LogP contribution in [-0.2, 0) is 18.4 Å². The molecule has 1 atom stereocenters. The van der Waals surface area contributed by atoms with Gasteiger partial charge in [0, 0.05) is 26.0 Å². The van der Waals surface area contributed by atoms with E-state index in [0.717, 1.165) is 22.3 Å². The second-order valence-corrected chi connectivity index (χ2v) is 5.30. The molecule has 3 aromatic rings. The average molecular weight is 298 g/mol. The van der Waals surface area contributed by atoms with Gasteiger partial charge in [0.2, 0.25) is 5.91 Å². The number of carbonyl (C=O) groups excluding carboxylic acids is 1. The van der Waals surface area contributed by atoms with Crippen LogP contribution in [0, 0.1) is 6.92 Å². The van der Waals surface area contributed by atoms with E-state index in [1.165, 1.54) is 0 Å². The minimum absolute atomic E-state index is 0.0739. The molecule has 3 heterocycles. The Morgan fingerprint density at radius 2 is 2.05 bits per heavy atom. The molecular formula is C15H18N6O. The summed E-state index contributed by atoms with van der Waals surface area (Å²) < 4.78 is 3.46. The summed E-state index contributed by atoms with van der Waals surface area (Å²) >= 11 is 0. The lowest BCUT2D eigenvalue weighted by atomic mass is 10.2. The number of hydrogen-bond donors (Lipinski definition) is 1. The SMILES string of the molecule is Cc1nn(C)c2cn([C@@H](C)C(=O)NCc3ccncc3)nc12. The highest BCUT2D eigenvalue weighted by atomic mass is 16.2. The van der Waals surface area contributed by atoms with Crippen molar-refractivity contribution in [3.05, 3.63) is 42.0 Å². The lowest BCUT2D eigenvalue weighted by Gasteiger charge is -2.12. The molecule has 1 N–H and O–H groups in total. The summed E-state index contributed by atoms with van der Waals surface area (Å²) in [4.78, 5) is 16.2. The van der Waals surface area contributed by atoms with Gasteiger partial charge >= 0.3 is 0 Å². The van der Waals surface area contributed by atoms with Gasteiger partial charge in [-0.05, 0) is 31.5 Å². The molecule has 114 valence electrons. The summed E-state index contributed by atoms with van der Waals surface area (Å²) in [6.07, 6.45) is 5.27. The quantitative estimate of drug-likeness (QED) is 0.788. The van der Waals surface area contributed by atoms with Crippen LogP contribution in [0.1, 0.15) is 24.2 Å². The predicted octanol–water partition coefficient (Wildman–Crippen LogP) is 1.35. The number of hydrogen-bond acceptors (Lipinski definition) is 4. The number of carbonyl (C=O) groups is 1. The van der Waals surface area contributed by atoms with Crippen LogP contribution >= 0.6 is 0 Å². The van der Waals surface area contributed by atoms with Crippen molar-refractivity contribution in [1.82, 2.24) is 29.9 Å². The first kappa shape index (κ1) is 14.2. The van der Waals surface area contributed by atoms with E-state index >= 15 is 0 Å². The summed E-state index contributed by atoms with van der Waals surface area (Å²) in [5.41, 5.74) is 3.63. The Morgan fingerprint density at radius 3 is 2.73 bits per heavy atom. The van der Waals surface area contributed by atoms with Gasteiger partial charge < -0.3 is 5.32 Å². The number of nitrogens with one attached hydrogen (secondary N) is 1. The Labute approximate surface area is 128 Å². The normalized spacial score (nSPS) is 12.5. The van der Waals surface area contributed by atoms with E-state index in [-0.39, 0.29) is 11.9 Å². The van der Waals surface area contributed by atoms with Crippen LogP contribution in [0.2, 0.25) is 0 Å². The van der Waals surface area contributed by atoms with Crippen LogP contribution in [-0.4, -0.2) is 30.5 Å². The van der Waals surface area contributed by atoms with Gasteiger partial charge in [-0.15, -0.1) is 0 Å². The zero-order valence-corrected chi connectivity index (χ0v) is 12.8. The molecule has 7 nitrogen and oxygen atoms in total. The molecule has 0 unspecified atom stereocenters. The largest absolute Gasteiger partial charge is 0.350 e. The van der Waals surface area contributed by atoms with Gasteiger partial charge in [0.1, 0.15) is 17.1 Å². The monoisotopic (exact) mass is 298 g/mol. The lowest BCUT2D eigenvalue weighted by Crippen LogP contribution is -2.30. The summed E-state index contributed by atoms with van der Waals surface area (Å²) in [7, 11) is 1.87. The van der Waals surface area contributed by atoms with Crippen molar-refractivity contribution in [2.45, 2.75) is 26.4 Å². The van der Waals surface area contributed by atoms with Crippen LogP contribution in [0.15, 0.2) is 30.7 Å². The molecular weight excluding hydrogens is 280 g/mol. The molecule has 0 spiro atoms. The van der Waals surface area contributed by atoms with E-state index in [1.807, 2.05) is 39.2 Å². The maximum Gasteiger partial charge on any atom is 0.244 e. The van der Waals surface area contributed by atoms with E-state index < -0.39 is 0 Å². The molecule has 1 amide bonds. The number of pyridine rings is 1. The zero-order chi connectivity index (χ0) is 15.7. The van der Waals surface area contributed by atoms with Crippen LogP contribution in [0.3, 0.4) is 0 Å². The van der Waals surface area contributed by atoms with Gasteiger partial charge in [-0.3, -0.25) is 19.1 Å². The molecule has 3 aromatic heterocycles. The van der Waals surface area contributed by atoms with Crippen molar-refractivity contribution < 1.29 is 4.79 Å². The molecule has 0 aliphatic rings. The highest BCUT2D eigenvalue weighted by molar-refractivity contribution is 5.81. The first-order chi connectivity index (χ1) is 10.6. The molecule has 7 heteroatoms. The lowest BCUT2D eigenvalue weighted by molar-refractivity contribution is -0.124. The summed E-state index contributed by atoms with van der Waals surface area (Å²) in [5, 5.41) is 11.7. The van der Waals surface area contributed by atoms with Gasteiger partial charge in [0.15, 0.2) is 0 Å². The van der Waals surface area contributed by atoms with E-state index in [9.17, 15) is 4.79 Å². The second kappa shape index (κ2) is 5.59. The van der Waals surface area contributed by atoms with Crippen molar-refractivity contribution in [2.24, 2.45) is 7.05 Å². The van der Waals surface area contributed by atoms with Crippen LogP contribution in [0.25, 0.3) is 11.0 Å². The molecule has 0 aliphatic heterocycles. The Kier molecular flexibility index (Phi) is 3.62. The number of nitrogens with zero attached hydrogens (tertiary/aromatic N) is 5. The standard InChI is InChI=1S/C15H18N6O/c1-10-14-13(20(3)18-10)9-21(19-14)11(2)15(22)17-8-12-4-6-16-7-5-12/h4-7,9,11H,8H2,1-3H3,(H,17,22)/t11-/m0/s1.